The molecule has 4 nitrogen and oxygen atoms in total. The minimum atomic E-state index is -4.52. The van der Waals surface area contributed by atoms with Crippen molar-refractivity contribution in [3.05, 3.63) is 54.1 Å². The summed E-state index contributed by atoms with van der Waals surface area (Å²) in [6.07, 6.45) is -2.51. The molecular formula is C19H18F3N3O. The Morgan fingerprint density at radius 1 is 1.04 bits per heavy atom. The van der Waals surface area contributed by atoms with Crippen LogP contribution in [0.5, 0.6) is 0 Å². The first-order chi connectivity index (χ1) is 12.4. The van der Waals surface area contributed by atoms with Gasteiger partial charge in [0.05, 0.1) is 22.6 Å². The van der Waals surface area contributed by atoms with Crippen LogP contribution in [-0.4, -0.2) is 25.2 Å². The summed E-state index contributed by atoms with van der Waals surface area (Å²) in [6, 6.07) is 12.2. The van der Waals surface area contributed by atoms with Crippen molar-refractivity contribution in [1.82, 2.24) is 0 Å². The highest BCUT2D eigenvalue weighted by Gasteiger charge is 2.37. The number of rotatable bonds is 1. The van der Waals surface area contributed by atoms with Gasteiger partial charge in [-0.05, 0) is 37.1 Å². The smallest absolute Gasteiger partial charge is 0.365 e. The Balaban J connectivity index is 1.65. The topological polar surface area (TPSA) is 35.6 Å². The lowest BCUT2D eigenvalue weighted by Crippen LogP contribution is -2.49. The van der Waals surface area contributed by atoms with Crippen LogP contribution in [0.4, 0.5) is 35.0 Å². The second kappa shape index (κ2) is 6.23. The minimum Gasteiger partial charge on any atom is -0.365 e. The lowest BCUT2D eigenvalue weighted by atomic mass is 10.1. The van der Waals surface area contributed by atoms with Crippen molar-refractivity contribution in [3.63, 3.8) is 0 Å². The molecule has 7 heteroatoms. The number of nitrogens with zero attached hydrogens (tertiary/aromatic N) is 2. The Morgan fingerprint density at radius 3 is 2.50 bits per heavy atom. The molecule has 26 heavy (non-hydrogen) atoms. The summed E-state index contributed by atoms with van der Waals surface area (Å²) >= 11 is 0. The van der Waals surface area contributed by atoms with Crippen LogP contribution in [-0.2, 0) is 6.18 Å². The maximum Gasteiger partial charge on any atom is 0.418 e. The van der Waals surface area contributed by atoms with E-state index in [0.29, 0.717) is 6.54 Å². The number of halogens is 3. The van der Waals surface area contributed by atoms with Gasteiger partial charge in [0.25, 0.3) is 0 Å². The molecule has 2 aromatic rings. The highest BCUT2D eigenvalue weighted by atomic mass is 19.4. The average molecular weight is 361 g/mol. The highest BCUT2D eigenvalue weighted by molar-refractivity contribution is 6.05. The Kier molecular flexibility index (Phi) is 4.01. The third-order valence-corrected chi connectivity index (χ3v) is 4.97. The molecule has 1 atom stereocenters. The van der Waals surface area contributed by atoms with Crippen LogP contribution in [0, 0.1) is 0 Å². The number of anilines is 3. The molecule has 2 heterocycles. The van der Waals surface area contributed by atoms with Gasteiger partial charge in [-0.2, -0.15) is 13.2 Å². The fourth-order valence-electron chi connectivity index (χ4n) is 3.80. The summed E-state index contributed by atoms with van der Waals surface area (Å²) in [4.78, 5) is 16.7. The normalized spacial score (nSPS) is 19.1. The predicted octanol–water partition coefficient (Wildman–Crippen LogP) is 4.73. The van der Waals surface area contributed by atoms with Crippen molar-refractivity contribution in [3.8, 4) is 0 Å². The summed E-state index contributed by atoms with van der Waals surface area (Å²) in [5.74, 6) is 0. The Bertz CT molecular complexity index is 837. The van der Waals surface area contributed by atoms with Gasteiger partial charge in [-0.15, -0.1) is 0 Å². The largest absolute Gasteiger partial charge is 0.418 e. The van der Waals surface area contributed by atoms with E-state index in [2.05, 4.69) is 10.2 Å². The van der Waals surface area contributed by atoms with Crippen molar-refractivity contribution in [2.24, 2.45) is 0 Å². The molecule has 0 spiro atoms. The fourth-order valence-corrected chi connectivity index (χ4v) is 3.80. The second-order valence-electron chi connectivity index (χ2n) is 6.56. The zero-order chi connectivity index (χ0) is 18.3. The van der Waals surface area contributed by atoms with E-state index in [1.54, 1.807) is 4.90 Å². The van der Waals surface area contributed by atoms with Crippen LogP contribution in [0.1, 0.15) is 18.4 Å². The van der Waals surface area contributed by atoms with Crippen LogP contribution >= 0.6 is 0 Å². The molecule has 1 saturated heterocycles. The van der Waals surface area contributed by atoms with E-state index in [1.165, 1.54) is 18.2 Å². The quantitative estimate of drug-likeness (QED) is 0.797. The zero-order valence-electron chi connectivity index (χ0n) is 14.0. The van der Waals surface area contributed by atoms with Gasteiger partial charge in [0.2, 0.25) is 0 Å². The van der Waals surface area contributed by atoms with Crippen molar-refractivity contribution in [1.29, 1.82) is 0 Å². The molecule has 0 aliphatic carbocycles. The number of fused-ring (bicyclic) bond motifs is 3. The molecule has 136 valence electrons. The van der Waals surface area contributed by atoms with E-state index < -0.39 is 17.8 Å². The van der Waals surface area contributed by atoms with Gasteiger partial charge in [0.15, 0.2) is 0 Å². The summed E-state index contributed by atoms with van der Waals surface area (Å²) in [6.45, 7) is 1.41. The lowest BCUT2D eigenvalue weighted by molar-refractivity contribution is -0.136. The Morgan fingerprint density at radius 2 is 1.73 bits per heavy atom. The molecule has 0 saturated carbocycles. The number of carbonyl (C=O) groups excluding carboxylic acids is 1. The van der Waals surface area contributed by atoms with E-state index in [-0.39, 0.29) is 11.7 Å². The molecule has 1 fully saturated rings. The zero-order valence-corrected chi connectivity index (χ0v) is 14.0. The van der Waals surface area contributed by atoms with Gasteiger partial charge >= 0.3 is 12.2 Å². The molecule has 0 bridgehead atoms. The SMILES string of the molecule is O=C(Nc1ccccc1C(F)(F)F)N1CC2CCCN2c2ccccc21. The van der Waals surface area contributed by atoms with Crippen LogP contribution < -0.4 is 15.1 Å². The van der Waals surface area contributed by atoms with Crippen LogP contribution in [0.25, 0.3) is 0 Å². The summed E-state index contributed by atoms with van der Waals surface area (Å²) < 4.78 is 39.6. The van der Waals surface area contributed by atoms with Crippen molar-refractivity contribution < 1.29 is 18.0 Å². The first kappa shape index (κ1) is 16.8. The van der Waals surface area contributed by atoms with Gasteiger partial charge < -0.3 is 10.2 Å². The highest BCUT2D eigenvalue weighted by Crippen LogP contribution is 2.40. The molecular weight excluding hydrogens is 343 g/mol. The van der Waals surface area contributed by atoms with E-state index in [1.807, 2.05) is 24.3 Å². The molecule has 1 N–H and O–H groups in total. The van der Waals surface area contributed by atoms with Crippen molar-refractivity contribution >= 4 is 23.1 Å². The third-order valence-electron chi connectivity index (χ3n) is 4.97. The summed E-state index contributed by atoms with van der Waals surface area (Å²) in [7, 11) is 0. The predicted molar refractivity (Wildman–Crippen MR) is 94.6 cm³/mol. The van der Waals surface area contributed by atoms with E-state index in [4.69, 9.17) is 0 Å². The third kappa shape index (κ3) is 2.87. The molecule has 0 aromatic heterocycles. The van der Waals surface area contributed by atoms with E-state index in [9.17, 15) is 18.0 Å². The maximum absolute atomic E-state index is 13.2. The van der Waals surface area contributed by atoms with Gasteiger partial charge in [0.1, 0.15) is 0 Å². The Hall–Kier alpha value is -2.70. The molecule has 4 rings (SSSR count). The molecule has 2 aliphatic heterocycles. The van der Waals surface area contributed by atoms with Crippen LogP contribution in [0.2, 0.25) is 0 Å². The standard InChI is InChI=1S/C19H18F3N3O/c20-19(21,22)14-7-1-2-8-15(14)23-18(26)25-12-13-6-5-11-24(13)16-9-3-4-10-17(16)25/h1-4,7-10,13H,5-6,11-12H2,(H,23,26). The van der Waals surface area contributed by atoms with Crippen molar-refractivity contribution in [2.45, 2.75) is 25.1 Å². The first-order valence-corrected chi connectivity index (χ1v) is 8.55. The molecule has 2 aromatic carbocycles. The number of benzene rings is 2. The molecule has 1 unspecified atom stereocenters. The second-order valence-corrected chi connectivity index (χ2v) is 6.56. The first-order valence-electron chi connectivity index (χ1n) is 8.55. The number of alkyl halides is 3. The van der Waals surface area contributed by atoms with E-state index in [0.717, 1.165) is 36.8 Å². The molecule has 2 aliphatic rings. The number of nitrogens with one attached hydrogen (secondary N) is 1. The van der Waals surface area contributed by atoms with Crippen LogP contribution in [0.3, 0.4) is 0 Å². The van der Waals surface area contributed by atoms with Gasteiger partial charge in [-0.25, -0.2) is 4.79 Å². The Labute approximate surface area is 149 Å². The van der Waals surface area contributed by atoms with Gasteiger partial charge in [-0.3, -0.25) is 4.90 Å². The summed E-state index contributed by atoms with van der Waals surface area (Å²) in [5.41, 5.74) is 0.616. The number of hydrogen-bond donors (Lipinski definition) is 1. The number of hydrogen-bond acceptors (Lipinski definition) is 2. The molecule has 2 amide bonds. The average Bonchev–Trinajstić information content (AvgIpc) is 3.09. The minimum absolute atomic E-state index is 0.202. The van der Waals surface area contributed by atoms with Gasteiger partial charge in [-0.1, -0.05) is 24.3 Å². The van der Waals surface area contributed by atoms with Gasteiger partial charge in [0, 0.05) is 19.1 Å². The number of carbonyl (C=O) groups is 1. The lowest BCUT2D eigenvalue weighted by Gasteiger charge is -2.40. The monoisotopic (exact) mass is 361 g/mol. The van der Waals surface area contributed by atoms with E-state index >= 15 is 0 Å². The number of para-hydroxylation sites is 3. The van der Waals surface area contributed by atoms with Crippen LogP contribution in [0.15, 0.2) is 48.5 Å². The fraction of sp³-hybridized carbons (Fsp3) is 0.316. The number of urea groups is 1. The molecule has 0 radical (unpaired) electrons. The summed E-state index contributed by atoms with van der Waals surface area (Å²) in [5, 5.41) is 2.46. The number of amides is 2. The maximum atomic E-state index is 13.2. The van der Waals surface area contributed by atoms with Crippen molar-refractivity contribution in [2.75, 3.05) is 28.2 Å².